The quantitative estimate of drug-likeness (QED) is 0.837. The predicted octanol–water partition coefficient (Wildman–Crippen LogP) is 2.78. The van der Waals surface area contributed by atoms with Crippen LogP contribution in [0.15, 0.2) is 24.3 Å². The van der Waals surface area contributed by atoms with Gasteiger partial charge in [0, 0.05) is 29.4 Å². The van der Waals surface area contributed by atoms with E-state index >= 15 is 0 Å². The molecule has 104 valence electrons. The molecule has 0 unspecified atom stereocenters. The molecular weight excluding hydrogens is 248 g/mol. The first kappa shape index (κ1) is 16.0. The lowest BCUT2D eigenvalue weighted by atomic mass is 9.88. The summed E-state index contributed by atoms with van der Waals surface area (Å²) in [5.74, 6) is 11.8. The lowest BCUT2D eigenvalue weighted by Crippen LogP contribution is -2.19. The number of ketones is 1. The maximum atomic E-state index is 11.8. The van der Waals surface area contributed by atoms with E-state index in [0.29, 0.717) is 12.8 Å². The van der Waals surface area contributed by atoms with Gasteiger partial charge in [0.05, 0.1) is 0 Å². The maximum absolute atomic E-state index is 11.8. The van der Waals surface area contributed by atoms with E-state index in [9.17, 15) is 4.79 Å². The molecule has 0 amide bonds. The first-order valence-corrected chi connectivity index (χ1v) is 6.66. The number of Topliss-reactive ketones (excluding diaryl/α,β-unsaturated/α-hetero) is 1. The maximum Gasteiger partial charge on any atom is 0.139 e. The second-order valence-corrected chi connectivity index (χ2v) is 5.48. The molecule has 0 aliphatic heterocycles. The van der Waals surface area contributed by atoms with Gasteiger partial charge >= 0.3 is 0 Å². The Balaban J connectivity index is 2.71. The molecule has 0 atom stereocenters. The van der Waals surface area contributed by atoms with Crippen LogP contribution in [0.25, 0.3) is 0 Å². The molecule has 20 heavy (non-hydrogen) atoms. The van der Waals surface area contributed by atoms with Crippen molar-refractivity contribution in [1.82, 2.24) is 0 Å². The Morgan fingerprint density at radius 2 is 1.65 bits per heavy atom. The molecule has 2 heteroatoms. The Labute approximate surface area is 121 Å². The first-order chi connectivity index (χ1) is 9.45. The minimum Gasteiger partial charge on any atom is -0.384 e. The molecule has 2 nitrogen and oxygen atoms in total. The van der Waals surface area contributed by atoms with E-state index in [4.69, 9.17) is 5.11 Å². The third kappa shape index (κ3) is 5.31. The van der Waals surface area contributed by atoms with E-state index in [1.165, 1.54) is 0 Å². The molecule has 1 N–H and O–H groups in total. The topological polar surface area (TPSA) is 37.3 Å². The fraction of sp³-hybridized carbons (Fsp3) is 0.389. The molecule has 1 aromatic carbocycles. The third-order valence-electron chi connectivity index (χ3n) is 2.77. The highest BCUT2D eigenvalue weighted by Gasteiger charge is 2.19. The zero-order valence-electron chi connectivity index (χ0n) is 12.3. The van der Waals surface area contributed by atoms with Crippen molar-refractivity contribution in [3.8, 4) is 23.7 Å². The molecular formula is C18H20O2. The summed E-state index contributed by atoms with van der Waals surface area (Å²) in [4.78, 5) is 11.8. The fourth-order valence-electron chi connectivity index (χ4n) is 1.54. The monoisotopic (exact) mass is 268 g/mol. The Hall–Kier alpha value is -2.03. The van der Waals surface area contributed by atoms with Crippen molar-refractivity contribution in [3.63, 3.8) is 0 Å². The van der Waals surface area contributed by atoms with E-state index in [1.807, 2.05) is 45.0 Å². The zero-order valence-corrected chi connectivity index (χ0v) is 12.3. The lowest BCUT2D eigenvalue weighted by molar-refractivity contribution is -0.126. The number of carbonyl (C=O) groups excluding carboxylic acids is 1. The van der Waals surface area contributed by atoms with Crippen molar-refractivity contribution in [3.05, 3.63) is 35.4 Å². The number of rotatable bonds is 2. The van der Waals surface area contributed by atoms with Crippen molar-refractivity contribution in [2.24, 2.45) is 5.41 Å². The highest BCUT2D eigenvalue weighted by Crippen LogP contribution is 2.17. The standard InChI is InChI=1S/C18H20O2/c1-18(2,3)17(20)13-7-6-11-15-9-4-5-10-16(15)12-8-14-19/h4-5,9-10,19H,7,13-14H2,1-3H3. The van der Waals surface area contributed by atoms with Gasteiger partial charge in [-0.15, -0.1) is 0 Å². The molecule has 1 aromatic rings. The van der Waals surface area contributed by atoms with Gasteiger partial charge in [0.15, 0.2) is 0 Å². The van der Waals surface area contributed by atoms with Crippen LogP contribution in [0.3, 0.4) is 0 Å². The van der Waals surface area contributed by atoms with Gasteiger partial charge < -0.3 is 5.11 Å². The minimum atomic E-state index is -0.299. The van der Waals surface area contributed by atoms with Crippen LogP contribution in [0.1, 0.15) is 44.7 Å². The van der Waals surface area contributed by atoms with Crippen molar-refractivity contribution in [2.45, 2.75) is 33.6 Å². The zero-order chi connectivity index (χ0) is 15.0. The largest absolute Gasteiger partial charge is 0.384 e. The normalized spacial score (nSPS) is 10.0. The van der Waals surface area contributed by atoms with E-state index in [1.54, 1.807) is 0 Å². The van der Waals surface area contributed by atoms with Crippen molar-refractivity contribution in [2.75, 3.05) is 6.61 Å². The molecule has 0 saturated carbocycles. The van der Waals surface area contributed by atoms with Gasteiger partial charge in [-0.25, -0.2) is 0 Å². The summed E-state index contributed by atoms with van der Waals surface area (Å²) in [7, 11) is 0. The second-order valence-electron chi connectivity index (χ2n) is 5.48. The van der Waals surface area contributed by atoms with Crippen LogP contribution < -0.4 is 0 Å². The first-order valence-electron chi connectivity index (χ1n) is 6.66. The second kappa shape index (κ2) is 7.53. The molecule has 0 aromatic heterocycles. The van der Waals surface area contributed by atoms with E-state index < -0.39 is 0 Å². The molecule has 0 radical (unpaired) electrons. The predicted molar refractivity (Wildman–Crippen MR) is 81.0 cm³/mol. The van der Waals surface area contributed by atoms with Gasteiger partial charge in [0.1, 0.15) is 12.4 Å². The van der Waals surface area contributed by atoms with Gasteiger partial charge in [0.25, 0.3) is 0 Å². The third-order valence-corrected chi connectivity index (χ3v) is 2.77. The Kier molecular flexibility index (Phi) is 6.04. The van der Waals surface area contributed by atoms with Crippen LogP contribution in [0.5, 0.6) is 0 Å². The highest BCUT2D eigenvalue weighted by molar-refractivity contribution is 5.83. The lowest BCUT2D eigenvalue weighted by Gasteiger charge is -2.14. The molecule has 0 fully saturated rings. The summed E-state index contributed by atoms with van der Waals surface area (Å²) in [5, 5.41) is 8.72. The molecule has 0 saturated heterocycles. The van der Waals surface area contributed by atoms with Crippen molar-refractivity contribution in [1.29, 1.82) is 0 Å². The molecule has 0 spiro atoms. The molecule has 0 aliphatic rings. The molecule has 1 rings (SSSR count). The average Bonchev–Trinajstić information content (AvgIpc) is 2.41. The van der Waals surface area contributed by atoms with E-state index in [0.717, 1.165) is 11.1 Å². The van der Waals surface area contributed by atoms with Crippen LogP contribution in [0, 0.1) is 29.1 Å². The smallest absolute Gasteiger partial charge is 0.139 e. The summed E-state index contributed by atoms with van der Waals surface area (Å²) in [6.45, 7) is 5.59. The Morgan fingerprint density at radius 1 is 1.10 bits per heavy atom. The van der Waals surface area contributed by atoms with Crippen LogP contribution in [0.4, 0.5) is 0 Å². The van der Waals surface area contributed by atoms with E-state index in [-0.39, 0.29) is 17.8 Å². The van der Waals surface area contributed by atoms with Gasteiger partial charge in [0.2, 0.25) is 0 Å². The average molecular weight is 268 g/mol. The molecule has 0 bridgehead atoms. The summed E-state index contributed by atoms with van der Waals surface area (Å²) in [6.07, 6.45) is 1.03. The van der Waals surface area contributed by atoms with Gasteiger partial charge in [-0.2, -0.15) is 0 Å². The van der Waals surface area contributed by atoms with Crippen LogP contribution in [-0.2, 0) is 4.79 Å². The molecule has 0 heterocycles. The van der Waals surface area contributed by atoms with Gasteiger partial charge in [-0.05, 0) is 12.1 Å². The summed E-state index contributed by atoms with van der Waals surface area (Å²) >= 11 is 0. The summed E-state index contributed by atoms with van der Waals surface area (Å²) in [6, 6.07) is 7.54. The fourth-order valence-corrected chi connectivity index (χ4v) is 1.54. The van der Waals surface area contributed by atoms with E-state index in [2.05, 4.69) is 23.7 Å². The number of carbonyl (C=O) groups is 1. The van der Waals surface area contributed by atoms with Crippen LogP contribution in [0.2, 0.25) is 0 Å². The number of aliphatic hydroxyl groups excluding tert-OH is 1. The number of aliphatic hydroxyl groups is 1. The van der Waals surface area contributed by atoms with Crippen LogP contribution in [-0.4, -0.2) is 17.5 Å². The number of hydrogen-bond donors (Lipinski definition) is 1. The number of benzene rings is 1. The van der Waals surface area contributed by atoms with Gasteiger partial charge in [-0.3, -0.25) is 4.79 Å². The van der Waals surface area contributed by atoms with Crippen LogP contribution >= 0.6 is 0 Å². The van der Waals surface area contributed by atoms with Gasteiger partial charge in [-0.1, -0.05) is 56.6 Å². The highest BCUT2D eigenvalue weighted by atomic mass is 16.2. The number of hydrogen-bond acceptors (Lipinski definition) is 2. The Morgan fingerprint density at radius 3 is 2.15 bits per heavy atom. The van der Waals surface area contributed by atoms with Crippen molar-refractivity contribution >= 4 is 5.78 Å². The SMILES string of the molecule is CC(C)(C)C(=O)CCC#Cc1ccccc1C#CCO. The Bertz CT molecular complexity index is 584. The summed E-state index contributed by atoms with van der Waals surface area (Å²) < 4.78 is 0. The molecule has 0 aliphatic carbocycles. The minimum absolute atomic E-state index is 0.165. The summed E-state index contributed by atoms with van der Waals surface area (Å²) in [5.41, 5.74) is 1.33. The van der Waals surface area contributed by atoms with Crippen molar-refractivity contribution < 1.29 is 9.90 Å².